The van der Waals surface area contributed by atoms with Crippen LogP contribution in [0.15, 0.2) is 103 Å². The lowest BCUT2D eigenvalue weighted by Gasteiger charge is -2.25. The van der Waals surface area contributed by atoms with Crippen LogP contribution in [0, 0.1) is 0 Å². The molecule has 5 aromatic rings. The average molecular weight is 487 g/mol. The summed E-state index contributed by atoms with van der Waals surface area (Å²) >= 11 is 0. The highest BCUT2D eigenvalue weighted by Gasteiger charge is 2.48. The molecule has 182 valence electrons. The molecule has 4 aromatic carbocycles. The van der Waals surface area contributed by atoms with Crippen LogP contribution in [0.3, 0.4) is 0 Å². The van der Waals surface area contributed by atoms with Gasteiger partial charge in [0.1, 0.15) is 5.76 Å². The number of rotatable bonds is 4. The van der Waals surface area contributed by atoms with Gasteiger partial charge in [0.2, 0.25) is 0 Å². The molecule has 1 aromatic heterocycles. The number of amides is 1. The number of aliphatic hydroxyl groups excluding tert-OH is 1. The molecule has 5 nitrogen and oxygen atoms in total. The Hall–Kier alpha value is -4.64. The molecule has 1 unspecified atom stereocenters. The number of aromatic nitrogens is 1. The monoisotopic (exact) mass is 486 g/mol. The average Bonchev–Trinajstić information content (AvgIpc) is 3.41. The smallest absolute Gasteiger partial charge is 0.300 e. The van der Waals surface area contributed by atoms with Crippen molar-refractivity contribution in [3.05, 3.63) is 119 Å². The van der Waals surface area contributed by atoms with Gasteiger partial charge in [0.05, 0.1) is 11.6 Å². The highest BCUT2D eigenvalue weighted by Crippen LogP contribution is 2.45. The van der Waals surface area contributed by atoms with E-state index in [0.29, 0.717) is 11.3 Å². The van der Waals surface area contributed by atoms with E-state index in [9.17, 15) is 14.7 Å². The number of nitrogens with zero attached hydrogens (tertiary/aromatic N) is 2. The van der Waals surface area contributed by atoms with E-state index in [2.05, 4.69) is 6.92 Å². The van der Waals surface area contributed by atoms with Crippen molar-refractivity contribution in [2.75, 3.05) is 4.90 Å². The lowest BCUT2D eigenvalue weighted by molar-refractivity contribution is -0.132. The summed E-state index contributed by atoms with van der Waals surface area (Å²) < 4.78 is 1.99. The predicted molar refractivity (Wildman–Crippen MR) is 147 cm³/mol. The molecule has 0 spiro atoms. The van der Waals surface area contributed by atoms with Gasteiger partial charge in [-0.2, -0.15) is 0 Å². The van der Waals surface area contributed by atoms with Gasteiger partial charge in [-0.05, 0) is 41.0 Å². The molecule has 1 amide bonds. The first-order valence-corrected chi connectivity index (χ1v) is 12.4. The Kier molecular flexibility index (Phi) is 5.41. The van der Waals surface area contributed by atoms with E-state index in [1.165, 1.54) is 4.90 Å². The molecule has 1 N–H and O–H groups in total. The van der Waals surface area contributed by atoms with E-state index in [1.54, 1.807) is 6.07 Å². The third-order valence-electron chi connectivity index (χ3n) is 7.33. The number of carbonyl (C=O) groups is 2. The second kappa shape index (κ2) is 8.79. The van der Waals surface area contributed by atoms with Crippen LogP contribution in [-0.2, 0) is 23.1 Å². The number of ketones is 1. The fourth-order valence-corrected chi connectivity index (χ4v) is 5.45. The van der Waals surface area contributed by atoms with Gasteiger partial charge in [-0.15, -0.1) is 0 Å². The number of fused-ring (bicyclic) bond motifs is 2. The first-order valence-electron chi connectivity index (χ1n) is 12.4. The predicted octanol–water partition coefficient (Wildman–Crippen LogP) is 6.52. The Balaban J connectivity index is 1.65. The number of aryl methyl sites for hydroxylation is 2. The van der Waals surface area contributed by atoms with Crippen LogP contribution in [0.5, 0.6) is 0 Å². The van der Waals surface area contributed by atoms with Crippen molar-refractivity contribution in [2.45, 2.75) is 19.4 Å². The van der Waals surface area contributed by atoms with Gasteiger partial charge in [0.15, 0.2) is 0 Å². The van der Waals surface area contributed by atoms with E-state index < -0.39 is 17.7 Å². The van der Waals surface area contributed by atoms with E-state index in [0.717, 1.165) is 39.2 Å². The quantitative estimate of drug-likeness (QED) is 0.179. The van der Waals surface area contributed by atoms with Gasteiger partial charge < -0.3 is 9.67 Å². The number of aliphatic hydroxyl groups is 1. The highest BCUT2D eigenvalue weighted by molar-refractivity contribution is 6.52. The van der Waals surface area contributed by atoms with E-state index in [-0.39, 0.29) is 11.3 Å². The summed E-state index contributed by atoms with van der Waals surface area (Å²) in [5.41, 5.74) is 4.15. The lowest BCUT2D eigenvalue weighted by Crippen LogP contribution is -2.29. The summed E-state index contributed by atoms with van der Waals surface area (Å²) in [6.45, 7) is 2.07. The van der Waals surface area contributed by atoms with Crippen molar-refractivity contribution < 1.29 is 14.7 Å². The zero-order chi connectivity index (χ0) is 25.7. The number of carbonyl (C=O) groups excluding carboxylic acids is 2. The molecule has 5 heteroatoms. The van der Waals surface area contributed by atoms with Crippen molar-refractivity contribution in [3.63, 3.8) is 0 Å². The van der Waals surface area contributed by atoms with Crippen LogP contribution in [0.1, 0.15) is 29.7 Å². The number of anilines is 1. The minimum Gasteiger partial charge on any atom is -0.507 e. The van der Waals surface area contributed by atoms with Crippen molar-refractivity contribution in [1.82, 2.24) is 4.57 Å². The molecule has 1 saturated heterocycles. The normalized spacial score (nSPS) is 17.2. The second-order valence-electron chi connectivity index (χ2n) is 9.43. The standard InChI is InChI=1S/C32H26N2O3/c1-3-20-15-17-22(18-16-20)34-29(26-19-33(2)27-14-7-6-12-24(26)27)28(31(36)32(34)37)30(35)25-13-8-10-21-9-4-5-11-23(21)25/h4-19,29,35H,3H2,1-2H3/b30-28+. The maximum atomic E-state index is 13.7. The third kappa shape index (κ3) is 3.54. The Morgan fingerprint density at radius 2 is 1.51 bits per heavy atom. The number of hydrogen-bond acceptors (Lipinski definition) is 3. The summed E-state index contributed by atoms with van der Waals surface area (Å²) in [6.07, 6.45) is 2.82. The number of Topliss-reactive ketones (excluding diaryl/α,β-unsaturated/α-hetero) is 1. The maximum Gasteiger partial charge on any atom is 0.300 e. The highest BCUT2D eigenvalue weighted by atomic mass is 16.3. The fourth-order valence-electron chi connectivity index (χ4n) is 5.45. The zero-order valence-electron chi connectivity index (χ0n) is 20.7. The molecule has 1 aliphatic rings. The topological polar surface area (TPSA) is 62.5 Å². The van der Waals surface area contributed by atoms with Crippen molar-refractivity contribution >= 4 is 44.8 Å². The molecule has 0 saturated carbocycles. The van der Waals surface area contributed by atoms with Crippen LogP contribution in [-0.4, -0.2) is 21.4 Å². The summed E-state index contributed by atoms with van der Waals surface area (Å²) in [4.78, 5) is 28.8. The van der Waals surface area contributed by atoms with Crippen LogP contribution in [0.25, 0.3) is 27.4 Å². The van der Waals surface area contributed by atoms with Crippen molar-refractivity contribution in [1.29, 1.82) is 0 Å². The first-order chi connectivity index (χ1) is 18.0. The molecule has 6 rings (SSSR count). The van der Waals surface area contributed by atoms with Crippen LogP contribution < -0.4 is 4.90 Å². The van der Waals surface area contributed by atoms with Crippen LogP contribution in [0.4, 0.5) is 5.69 Å². The Morgan fingerprint density at radius 1 is 0.838 bits per heavy atom. The van der Waals surface area contributed by atoms with E-state index in [4.69, 9.17) is 0 Å². The van der Waals surface area contributed by atoms with Gasteiger partial charge in [0.25, 0.3) is 11.7 Å². The van der Waals surface area contributed by atoms with Gasteiger partial charge in [-0.1, -0.05) is 79.7 Å². The Labute approximate surface area is 214 Å². The molecular formula is C32H26N2O3. The van der Waals surface area contributed by atoms with Gasteiger partial charge in [-0.3, -0.25) is 14.5 Å². The summed E-state index contributed by atoms with van der Waals surface area (Å²) in [7, 11) is 1.94. The molecule has 0 bridgehead atoms. The van der Waals surface area contributed by atoms with Gasteiger partial charge >= 0.3 is 0 Å². The van der Waals surface area contributed by atoms with Crippen molar-refractivity contribution in [2.24, 2.45) is 7.05 Å². The van der Waals surface area contributed by atoms with Gasteiger partial charge in [0, 0.05) is 41.0 Å². The largest absolute Gasteiger partial charge is 0.507 e. The summed E-state index contributed by atoms with van der Waals surface area (Å²) in [5, 5.41) is 14.4. The van der Waals surface area contributed by atoms with Crippen molar-refractivity contribution in [3.8, 4) is 0 Å². The summed E-state index contributed by atoms with van der Waals surface area (Å²) in [6, 6.07) is 28.1. The number of benzene rings is 4. The van der Waals surface area contributed by atoms with E-state index in [1.807, 2.05) is 103 Å². The molecule has 1 fully saturated rings. The maximum absolute atomic E-state index is 13.7. The third-order valence-corrected chi connectivity index (χ3v) is 7.33. The summed E-state index contributed by atoms with van der Waals surface area (Å²) in [5.74, 6) is -1.51. The van der Waals surface area contributed by atoms with E-state index >= 15 is 0 Å². The molecule has 2 heterocycles. The van der Waals surface area contributed by atoms with Crippen LogP contribution in [0.2, 0.25) is 0 Å². The molecule has 1 atom stereocenters. The molecule has 0 aliphatic carbocycles. The fraction of sp³-hybridized carbons (Fsp3) is 0.125. The van der Waals surface area contributed by atoms with Gasteiger partial charge in [-0.25, -0.2) is 0 Å². The minimum atomic E-state index is -0.780. The lowest BCUT2D eigenvalue weighted by atomic mass is 9.93. The minimum absolute atomic E-state index is 0.0947. The molecule has 37 heavy (non-hydrogen) atoms. The Morgan fingerprint density at radius 3 is 2.27 bits per heavy atom. The number of hydrogen-bond donors (Lipinski definition) is 1. The SMILES string of the molecule is CCc1ccc(N2C(=O)C(=O)/C(=C(/O)c3cccc4ccccc34)C2c2cn(C)c3ccccc23)cc1. The molecular weight excluding hydrogens is 460 g/mol. The Bertz CT molecular complexity index is 1720. The second-order valence-corrected chi connectivity index (χ2v) is 9.43. The van der Waals surface area contributed by atoms with Crippen LogP contribution >= 0.6 is 0 Å². The zero-order valence-corrected chi connectivity index (χ0v) is 20.7. The number of para-hydroxylation sites is 1. The molecule has 1 aliphatic heterocycles. The molecule has 0 radical (unpaired) electrons. The first kappa shape index (κ1) is 22.8.